The smallest absolute Gasteiger partial charge is 0.303 e. The predicted molar refractivity (Wildman–Crippen MR) is 127 cm³/mol. The molecular formula is C27H30N2O4. The molecule has 1 unspecified atom stereocenters. The summed E-state index contributed by atoms with van der Waals surface area (Å²) in [5.74, 6) is -0.0295. The molecule has 6 nitrogen and oxygen atoms in total. The van der Waals surface area contributed by atoms with Crippen molar-refractivity contribution < 1.29 is 19.4 Å². The molecule has 1 heterocycles. The first-order chi connectivity index (χ1) is 15.9. The largest absolute Gasteiger partial charge is 0.489 e. The lowest BCUT2D eigenvalue weighted by Gasteiger charge is -2.22. The summed E-state index contributed by atoms with van der Waals surface area (Å²) in [6.45, 7) is 4.53. The van der Waals surface area contributed by atoms with Gasteiger partial charge in [0.2, 0.25) is 0 Å². The van der Waals surface area contributed by atoms with Crippen LogP contribution in [0.2, 0.25) is 0 Å². The van der Waals surface area contributed by atoms with Crippen molar-refractivity contribution in [3.63, 3.8) is 0 Å². The molecule has 0 saturated heterocycles. The molecule has 0 saturated carbocycles. The minimum Gasteiger partial charge on any atom is -0.489 e. The van der Waals surface area contributed by atoms with Crippen LogP contribution >= 0.6 is 0 Å². The van der Waals surface area contributed by atoms with Crippen molar-refractivity contribution >= 4 is 11.9 Å². The van der Waals surface area contributed by atoms with Gasteiger partial charge in [0.15, 0.2) is 0 Å². The Morgan fingerprint density at radius 2 is 1.76 bits per heavy atom. The molecule has 6 heteroatoms. The van der Waals surface area contributed by atoms with Crippen molar-refractivity contribution in [2.45, 2.75) is 45.8 Å². The van der Waals surface area contributed by atoms with Crippen molar-refractivity contribution in [2.75, 3.05) is 0 Å². The van der Waals surface area contributed by atoms with Crippen molar-refractivity contribution in [3.05, 3.63) is 95.3 Å². The van der Waals surface area contributed by atoms with E-state index in [1.54, 1.807) is 30.6 Å². The third kappa shape index (κ3) is 7.45. The van der Waals surface area contributed by atoms with Crippen LogP contribution in [-0.2, 0) is 17.8 Å². The number of nitrogens with one attached hydrogen (secondary N) is 1. The van der Waals surface area contributed by atoms with Crippen molar-refractivity contribution in [2.24, 2.45) is 5.92 Å². The maximum absolute atomic E-state index is 13.4. The maximum Gasteiger partial charge on any atom is 0.303 e. The highest BCUT2D eigenvalue weighted by Gasteiger charge is 2.20. The number of aryl methyl sites for hydroxylation is 1. The molecule has 172 valence electrons. The van der Waals surface area contributed by atoms with Crippen LogP contribution in [0.15, 0.2) is 73.1 Å². The van der Waals surface area contributed by atoms with Crippen LogP contribution in [0, 0.1) is 5.92 Å². The third-order valence-electron chi connectivity index (χ3n) is 5.30. The number of hydrogen-bond donors (Lipinski definition) is 2. The van der Waals surface area contributed by atoms with Crippen LogP contribution in [0.3, 0.4) is 0 Å². The Balaban J connectivity index is 1.84. The van der Waals surface area contributed by atoms with E-state index in [-0.39, 0.29) is 31.4 Å². The van der Waals surface area contributed by atoms with Gasteiger partial charge >= 0.3 is 5.97 Å². The first-order valence-corrected chi connectivity index (χ1v) is 11.1. The molecule has 0 radical (unpaired) electrons. The van der Waals surface area contributed by atoms with Crippen LogP contribution in [0.5, 0.6) is 5.75 Å². The molecular weight excluding hydrogens is 416 g/mol. The summed E-state index contributed by atoms with van der Waals surface area (Å²) in [6.07, 6.45) is 4.35. The number of carboxylic acid groups (broad SMARTS) is 1. The molecule has 1 amide bonds. The fourth-order valence-electron chi connectivity index (χ4n) is 3.66. The summed E-state index contributed by atoms with van der Waals surface area (Å²) in [5, 5.41) is 12.3. The average molecular weight is 447 g/mol. The minimum absolute atomic E-state index is 0.0404. The Morgan fingerprint density at radius 1 is 1.03 bits per heavy atom. The van der Waals surface area contributed by atoms with E-state index < -0.39 is 5.97 Å². The van der Waals surface area contributed by atoms with Gasteiger partial charge in [-0.05, 0) is 53.6 Å². The number of aromatic nitrogens is 1. The van der Waals surface area contributed by atoms with E-state index in [0.29, 0.717) is 22.8 Å². The summed E-state index contributed by atoms with van der Waals surface area (Å²) in [5.41, 5.74) is 3.07. The Labute approximate surface area is 194 Å². The average Bonchev–Trinajstić information content (AvgIpc) is 2.82. The zero-order valence-corrected chi connectivity index (χ0v) is 19.0. The molecule has 1 atom stereocenters. The van der Waals surface area contributed by atoms with E-state index in [0.717, 1.165) is 17.5 Å². The molecule has 0 aliphatic rings. The lowest BCUT2D eigenvalue weighted by Crippen LogP contribution is -2.30. The highest BCUT2D eigenvalue weighted by molar-refractivity contribution is 5.96. The zero-order valence-electron chi connectivity index (χ0n) is 19.0. The summed E-state index contributed by atoms with van der Waals surface area (Å²) in [7, 11) is 0. The van der Waals surface area contributed by atoms with Crippen LogP contribution in [0.4, 0.5) is 0 Å². The fraction of sp³-hybridized carbons (Fsp3) is 0.296. The quantitative estimate of drug-likeness (QED) is 0.423. The Hall–Kier alpha value is -3.67. The highest BCUT2D eigenvalue weighted by atomic mass is 16.5. The number of amides is 1. The topological polar surface area (TPSA) is 88.5 Å². The van der Waals surface area contributed by atoms with Crippen molar-refractivity contribution in [1.82, 2.24) is 10.3 Å². The van der Waals surface area contributed by atoms with Crippen LogP contribution in [-0.4, -0.2) is 22.0 Å². The van der Waals surface area contributed by atoms with Gasteiger partial charge in [0.05, 0.1) is 6.04 Å². The second kappa shape index (κ2) is 11.8. The molecule has 0 spiro atoms. The number of nitrogens with zero attached hydrogens (tertiary/aromatic N) is 1. The van der Waals surface area contributed by atoms with E-state index in [1.165, 1.54) is 0 Å². The van der Waals surface area contributed by atoms with Crippen molar-refractivity contribution in [3.8, 4) is 5.75 Å². The van der Waals surface area contributed by atoms with Gasteiger partial charge in [0.1, 0.15) is 12.4 Å². The zero-order chi connectivity index (χ0) is 23.6. The van der Waals surface area contributed by atoms with E-state index in [2.05, 4.69) is 24.1 Å². The minimum atomic E-state index is -0.895. The second-order valence-electron chi connectivity index (χ2n) is 8.42. The first-order valence-electron chi connectivity index (χ1n) is 11.1. The molecule has 3 rings (SSSR count). The number of hydrogen-bond acceptors (Lipinski definition) is 4. The normalized spacial score (nSPS) is 11.7. The van der Waals surface area contributed by atoms with Gasteiger partial charge in [-0.15, -0.1) is 0 Å². The summed E-state index contributed by atoms with van der Waals surface area (Å²) >= 11 is 0. The number of pyridine rings is 1. The number of ether oxygens (including phenoxy) is 1. The van der Waals surface area contributed by atoms with Crippen LogP contribution in [0.25, 0.3) is 0 Å². The summed E-state index contributed by atoms with van der Waals surface area (Å²) < 4.78 is 5.80. The Bertz CT molecular complexity index is 1050. The van der Waals surface area contributed by atoms with Crippen molar-refractivity contribution in [1.29, 1.82) is 0 Å². The Morgan fingerprint density at radius 3 is 2.42 bits per heavy atom. The van der Waals surface area contributed by atoms with Gasteiger partial charge in [-0.1, -0.05) is 56.3 Å². The van der Waals surface area contributed by atoms with E-state index in [1.807, 2.05) is 42.5 Å². The van der Waals surface area contributed by atoms with E-state index >= 15 is 0 Å². The number of carbonyl (C=O) groups is 2. The standard InChI is InChI=1S/C27H30N2O4/c1-19(2)16-25(22-6-4-3-5-7-22)29-27(32)24-17-20(8-9-21(24)10-11-26(30)31)18-33-23-12-14-28-15-13-23/h3-9,12-15,17,19,25H,10-11,16,18H2,1-2H3,(H,29,32)(H,30,31). The lowest BCUT2D eigenvalue weighted by molar-refractivity contribution is -0.136. The number of benzene rings is 2. The number of carbonyl (C=O) groups excluding carboxylic acids is 1. The first kappa shape index (κ1) is 24.0. The van der Waals surface area contributed by atoms with Gasteiger partial charge in [-0.3, -0.25) is 14.6 Å². The molecule has 3 aromatic rings. The second-order valence-corrected chi connectivity index (χ2v) is 8.42. The highest BCUT2D eigenvalue weighted by Crippen LogP contribution is 2.23. The molecule has 1 aromatic heterocycles. The SMILES string of the molecule is CC(C)CC(NC(=O)c1cc(COc2ccncc2)ccc1CCC(=O)O)c1ccccc1. The van der Waals surface area contributed by atoms with E-state index in [4.69, 9.17) is 9.84 Å². The lowest BCUT2D eigenvalue weighted by atomic mass is 9.95. The van der Waals surface area contributed by atoms with Crippen LogP contribution < -0.4 is 10.1 Å². The molecule has 33 heavy (non-hydrogen) atoms. The number of rotatable bonds is 11. The van der Waals surface area contributed by atoms with Gasteiger partial charge in [0.25, 0.3) is 5.91 Å². The van der Waals surface area contributed by atoms with E-state index in [9.17, 15) is 9.59 Å². The molecule has 2 N–H and O–H groups in total. The molecule has 2 aromatic carbocycles. The molecule has 0 fully saturated rings. The predicted octanol–water partition coefficient (Wildman–Crippen LogP) is 5.20. The van der Waals surface area contributed by atoms with Crippen LogP contribution in [0.1, 0.15) is 59.8 Å². The monoisotopic (exact) mass is 446 g/mol. The molecule has 0 aliphatic carbocycles. The molecule has 0 bridgehead atoms. The number of carboxylic acids is 1. The third-order valence-corrected chi connectivity index (χ3v) is 5.30. The Kier molecular flexibility index (Phi) is 8.58. The fourth-order valence-corrected chi connectivity index (χ4v) is 3.66. The molecule has 0 aliphatic heterocycles. The van der Waals surface area contributed by atoms with Gasteiger partial charge in [-0.2, -0.15) is 0 Å². The van der Waals surface area contributed by atoms with Gasteiger partial charge in [-0.25, -0.2) is 0 Å². The summed E-state index contributed by atoms with van der Waals surface area (Å²) in [4.78, 5) is 28.5. The number of aliphatic carboxylic acids is 1. The van der Waals surface area contributed by atoms with Gasteiger partial charge < -0.3 is 15.2 Å². The maximum atomic E-state index is 13.4. The van der Waals surface area contributed by atoms with Gasteiger partial charge in [0, 0.05) is 24.4 Å². The summed E-state index contributed by atoms with van der Waals surface area (Å²) in [6, 6.07) is 18.8.